The first-order valence-corrected chi connectivity index (χ1v) is 14.7. The molecule has 37 heavy (non-hydrogen) atoms. The Morgan fingerprint density at radius 2 is 1.62 bits per heavy atom. The molecule has 2 saturated carbocycles. The van der Waals surface area contributed by atoms with Crippen LogP contribution in [0.25, 0.3) is 11.1 Å². The third-order valence-electron chi connectivity index (χ3n) is 9.13. The maximum atomic E-state index is 15.3. The Bertz CT molecular complexity index is 1120. The van der Waals surface area contributed by atoms with Crippen molar-refractivity contribution in [1.82, 2.24) is 0 Å². The first-order valence-electron chi connectivity index (χ1n) is 14.7. The van der Waals surface area contributed by atoms with Crippen LogP contribution in [0.4, 0.5) is 8.78 Å². The van der Waals surface area contributed by atoms with Gasteiger partial charge in [0, 0.05) is 5.56 Å². The van der Waals surface area contributed by atoms with Crippen molar-refractivity contribution in [2.45, 2.75) is 103 Å². The maximum absolute atomic E-state index is 15.3. The molecule has 2 fully saturated rings. The first kappa shape index (κ1) is 26.4. The first-order chi connectivity index (χ1) is 17.8. The number of hydrogen-bond acceptors (Lipinski definition) is 2. The molecule has 2 nitrogen and oxygen atoms in total. The van der Waals surface area contributed by atoms with Crippen molar-refractivity contribution in [2.75, 3.05) is 6.61 Å². The van der Waals surface area contributed by atoms with Crippen LogP contribution in [0.2, 0.25) is 0 Å². The van der Waals surface area contributed by atoms with E-state index in [1.165, 1.54) is 70.3 Å². The molecule has 2 aliphatic carbocycles. The molecule has 5 rings (SSSR count). The van der Waals surface area contributed by atoms with Crippen LogP contribution in [0.1, 0.15) is 108 Å². The van der Waals surface area contributed by atoms with Crippen molar-refractivity contribution >= 4 is 5.90 Å². The Kier molecular flexibility index (Phi) is 8.02. The van der Waals surface area contributed by atoms with Gasteiger partial charge in [0.2, 0.25) is 5.90 Å². The molecule has 4 unspecified atom stereocenters. The lowest BCUT2D eigenvalue weighted by molar-refractivity contribution is 0.113. The molecule has 0 amide bonds. The molecule has 3 aliphatic rings. The fourth-order valence-corrected chi connectivity index (χ4v) is 7.01. The zero-order chi connectivity index (χ0) is 26.0. The highest BCUT2D eigenvalue weighted by atomic mass is 19.1. The smallest absolute Gasteiger partial charge is 0.219 e. The molecule has 2 aromatic rings. The summed E-state index contributed by atoms with van der Waals surface area (Å²) in [6.07, 6.45) is 14.7. The molecule has 0 radical (unpaired) electrons. The highest BCUT2D eigenvalue weighted by Gasteiger charge is 2.36. The van der Waals surface area contributed by atoms with Crippen molar-refractivity contribution in [3.05, 3.63) is 59.2 Å². The predicted octanol–water partition coefficient (Wildman–Crippen LogP) is 9.46. The Morgan fingerprint density at radius 1 is 0.865 bits per heavy atom. The number of halogens is 2. The Hall–Kier alpha value is -2.23. The summed E-state index contributed by atoms with van der Waals surface area (Å²) >= 11 is 0. The lowest BCUT2D eigenvalue weighted by Gasteiger charge is -2.42. The van der Waals surface area contributed by atoms with Gasteiger partial charge in [0.25, 0.3) is 0 Å². The van der Waals surface area contributed by atoms with Gasteiger partial charge in [0.05, 0.1) is 11.1 Å². The van der Waals surface area contributed by atoms with Crippen molar-refractivity contribution in [1.29, 1.82) is 0 Å². The van der Waals surface area contributed by atoms with Gasteiger partial charge in [-0.15, -0.1) is 0 Å². The maximum Gasteiger partial charge on any atom is 0.219 e. The normalized spacial score (nSPS) is 26.9. The summed E-state index contributed by atoms with van der Waals surface area (Å²) in [5, 5.41) is 0. The number of ether oxygens (including phenoxy) is 1. The zero-order valence-electron chi connectivity index (χ0n) is 22.9. The van der Waals surface area contributed by atoms with E-state index in [9.17, 15) is 4.39 Å². The van der Waals surface area contributed by atoms with Crippen LogP contribution in [-0.4, -0.2) is 18.0 Å². The van der Waals surface area contributed by atoms with Crippen LogP contribution < -0.4 is 0 Å². The van der Waals surface area contributed by atoms with E-state index in [2.05, 4.69) is 18.0 Å². The lowest BCUT2D eigenvalue weighted by Crippen LogP contribution is -2.30. The summed E-state index contributed by atoms with van der Waals surface area (Å²) < 4.78 is 35.9. The van der Waals surface area contributed by atoms with Crippen molar-refractivity contribution in [3.63, 3.8) is 0 Å². The summed E-state index contributed by atoms with van der Waals surface area (Å²) in [5.74, 6) is 2.65. The number of rotatable bonds is 8. The standard InChI is InChI=1S/C33H43F2NO/c1-4-5-6-7-8-22-9-10-24-18-25(12-11-23(24)17-22)26-13-15-28(30(34)19-26)27-14-16-29(31(35)20-27)32-36-33(2,3)21-37-32/h13-16,19-20,22-25H,4-12,17-18,21H2,1-3H3. The van der Waals surface area contributed by atoms with Crippen LogP contribution in [-0.2, 0) is 4.74 Å². The largest absolute Gasteiger partial charge is 0.475 e. The SMILES string of the molecule is CCCCCCC1CCC2CC(c3ccc(-c4ccc(C5=NC(C)(C)CO5)c(F)c4)c(F)c3)CCC2C1. The van der Waals surface area contributed by atoms with Gasteiger partial charge in [0.15, 0.2) is 0 Å². The summed E-state index contributed by atoms with van der Waals surface area (Å²) in [6, 6.07) is 10.4. The Labute approximate surface area is 221 Å². The summed E-state index contributed by atoms with van der Waals surface area (Å²) in [4.78, 5) is 4.47. The predicted molar refractivity (Wildman–Crippen MR) is 148 cm³/mol. The Balaban J connectivity index is 1.22. The summed E-state index contributed by atoms with van der Waals surface area (Å²) in [6.45, 7) is 6.62. The van der Waals surface area contributed by atoms with Gasteiger partial charge >= 0.3 is 0 Å². The minimum absolute atomic E-state index is 0.266. The average Bonchev–Trinajstić information content (AvgIpc) is 3.25. The molecule has 4 heteroatoms. The fourth-order valence-electron chi connectivity index (χ4n) is 7.01. The average molecular weight is 508 g/mol. The van der Waals surface area contributed by atoms with Gasteiger partial charge in [-0.3, -0.25) is 0 Å². The van der Waals surface area contributed by atoms with E-state index >= 15 is 4.39 Å². The molecular formula is C33H43F2NO. The molecule has 1 aliphatic heterocycles. The molecule has 1 heterocycles. The molecule has 4 atom stereocenters. The number of nitrogens with zero attached hydrogens (tertiary/aromatic N) is 1. The van der Waals surface area contributed by atoms with Crippen LogP contribution in [0, 0.1) is 29.4 Å². The molecule has 0 N–H and O–H groups in total. The van der Waals surface area contributed by atoms with E-state index in [4.69, 9.17) is 4.74 Å². The van der Waals surface area contributed by atoms with Crippen LogP contribution in [0.3, 0.4) is 0 Å². The molecule has 0 aromatic heterocycles. The Morgan fingerprint density at radius 3 is 2.35 bits per heavy atom. The van der Waals surface area contributed by atoms with Gasteiger partial charge in [-0.1, -0.05) is 63.6 Å². The summed E-state index contributed by atoms with van der Waals surface area (Å²) in [7, 11) is 0. The molecule has 0 spiro atoms. The number of fused-ring (bicyclic) bond motifs is 1. The topological polar surface area (TPSA) is 21.6 Å². The molecule has 2 aromatic carbocycles. The van der Waals surface area contributed by atoms with Gasteiger partial charge in [-0.2, -0.15) is 0 Å². The molecule has 0 bridgehead atoms. The van der Waals surface area contributed by atoms with Gasteiger partial charge in [0.1, 0.15) is 18.2 Å². The third-order valence-corrected chi connectivity index (χ3v) is 9.13. The highest BCUT2D eigenvalue weighted by Crippen LogP contribution is 2.48. The van der Waals surface area contributed by atoms with Crippen molar-refractivity contribution in [2.24, 2.45) is 22.7 Å². The second kappa shape index (κ2) is 11.3. The second-order valence-electron chi connectivity index (χ2n) is 12.5. The van der Waals surface area contributed by atoms with E-state index in [1.807, 2.05) is 19.9 Å². The third kappa shape index (κ3) is 6.10. The molecular weight excluding hydrogens is 464 g/mol. The van der Waals surface area contributed by atoms with Crippen LogP contribution in [0.15, 0.2) is 41.4 Å². The van der Waals surface area contributed by atoms with E-state index in [0.717, 1.165) is 29.7 Å². The van der Waals surface area contributed by atoms with E-state index < -0.39 is 5.82 Å². The van der Waals surface area contributed by atoms with Crippen LogP contribution in [0.5, 0.6) is 0 Å². The quantitative estimate of drug-likeness (QED) is 0.326. The van der Waals surface area contributed by atoms with Crippen molar-refractivity contribution < 1.29 is 13.5 Å². The van der Waals surface area contributed by atoms with E-state index in [-0.39, 0.29) is 11.4 Å². The van der Waals surface area contributed by atoms with E-state index in [0.29, 0.717) is 35.1 Å². The minimum atomic E-state index is -0.434. The molecule has 200 valence electrons. The monoisotopic (exact) mass is 507 g/mol. The van der Waals surface area contributed by atoms with Gasteiger partial charge < -0.3 is 4.74 Å². The van der Waals surface area contributed by atoms with Gasteiger partial charge in [-0.25, -0.2) is 13.8 Å². The van der Waals surface area contributed by atoms with Crippen LogP contribution >= 0.6 is 0 Å². The molecule has 0 saturated heterocycles. The van der Waals surface area contributed by atoms with E-state index in [1.54, 1.807) is 18.2 Å². The fraction of sp³-hybridized carbons (Fsp3) is 0.606. The number of benzene rings is 2. The summed E-state index contributed by atoms with van der Waals surface area (Å²) in [5.41, 5.74) is 2.08. The number of aliphatic imine (C=N–C) groups is 1. The number of hydrogen-bond donors (Lipinski definition) is 0. The number of unbranched alkanes of at least 4 members (excludes halogenated alkanes) is 3. The second-order valence-corrected chi connectivity index (χ2v) is 12.5. The zero-order valence-corrected chi connectivity index (χ0v) is 22.9. The lowest BCUT2D eigenvalue weighted by atomic mass is 9.63. The van der Waals surface area contributed by atoms with Gasteiger partial charge in [-0.05, 0) is 98.9 Å². The van der Waals surface area contributed by atoms with Crippen molar-refractivity contribution in [3.8, 4) is 11.1 Å². The highest BCUT2D eigenvalue weighted by molar-refractivity contribution is 5.96. The minimum Gasteiger partial charge on any atom is -0.475 e.